The Labute approximate surface area is 366 Å². The summed E-state index contributed by atoms with van der Waals surface area (Å²) in [6.07, 6.45) is 0. The summed E-state index contributed by atoms with van der Waals surface area (Å²) in [5, 5.41) is 4.71. The molecule has 0 aliphatic heterocycles. The highest BCUT2D eigenvalue weighted by atomic mass is 16.3. The lowest BCUT2D eigenvalue weighted by Gasteiger charge is -2.28. The molecule has 0 unspecified atom stereocenters. The maximum Gasteiger partial charge on any atom is 0.143 e. The molecule has 12 aromatic rings. The maximum absolute atomic E-state index is 6.61. The van der Waals surface area contributed by atoms with Gasteiger partial charge in [-0.25, -0.2) is 0 Å². The standard InChI is InChI=1S/C60H40N2O/c1-3-14-41(15-4-1)42-26-28-43(29-27-42)44-30-35-48(36-31-44)61(56-23-10-7-18-50(56)53-21-13-22-54-52-20-9-12-25-59(52)63-60(53)54)49-37-32-45(33-38-49)46-34-39-58-55(40-46)51-19-8-11-24-57(51)62(58)47-16-5-2-6-17-47/h1-40H. The van der Waals surface area contributed by atoms with Crippen LogP contribution in [0.3, 0.4) is 0 Å². The van der Waals surface area contributed by atoms with Gasteiger partial charge in [0.1, 0.15) is 11.2 Å². The van der Waals surface area contributed by atoms with Crippen molar-refractivity contribution >= 4 is 60.8 Å². The Balaban J connectivity index is 0.965. The monoisotopic (exact) mass is 804 g/mol. The number of furan rings is 1. The van der Waals surface area contributed by atoms with Crippen LogP contribution in [0, 0.1) is 0 Å². The Morgan fingerprint density at radius 3 is 1.52 bits per heavy atom. The average molecular weight is 805 g/mol. The quantitative estimate of drug-likeness (QED) is 0.153. The molecule has 0 atom stereocenters. The molecule has 2 heterocycles. The molecule has 296 valence electrons. The summed E-state index contributed by atoms with van der Waals surface area (Å²) >= 11 is 0. The summed E-state index contributed by atoms with van der Waals surface area (Å²) in [4.78, 5) is 2.37. The molecule has 12 rings (SSSR count). The number of benzene rings is 10. The Bertz CT molecular complexity index is 3580. The van der Waals surface area contributed by atoms with Gasteiger partial charge in [-0.3, -0.25) is 0 Å². The maximum atomic E-state index is 6.61. The molecule has 0 bridgehead atoms. The van der Waals surface area contributed by atoms with Crippen molar-refractivity contribution in [1.29, 1.82) is 0 Å². The van der Waals surface area contributed by atoms with E-state index in [2.05, 4.69) is 246 Å². The SMILES string of the molecule is c1ccc(-c2ccc(-c3ccc(N(c4ccc(-c5ccc6c(c5)c5ccccc5n6-c5ccccc5)cc4)c4ccccc4-c4cccc5c4oc4ccccc45)cc3)cc2)cc1. The Morgan fingerprint density at radius 1 is 0.317 bits per heavy atom. The van der Waals surface area contributed by atoms with E-state index in [9.17, 15) is 0 Å². The predicted octanol–water partition coefficient (Wildman–Crippen LogP) is 16.8. The minimum Gasteiger partial charge on any atom is -0.455 e. The van der Waals surface area contributed by atoms with Gasteiger partial charge in [-0.2, -0.15) is 0 Å². The molecular formula is C60H40N2O. The highest BCUT2D eigenvalue weighted by molar-refractivity contribution is 6.12. The van der Waals surface area contributed by atoms with Crippen LogP contribution >= 0.6 is 0 Å². The second-order valence-electron chi connectivity index (χ2n) is 16.1. The molecule has 63 heavy (non-hydrogen) atoms. The van der Waals surface area contributed by atoms with Gasteiger partial charge < -0.3 is 13.9 Å². The second-order valence-corrected chi connectivity index (χ2v) is 16.1. The number of anilines is 3. The number of rotatable bonds is 8. The van der Waals surface area contributed by atoms with E-state index in [1.165, 1.54) is 44.1 Å². The third-order valence-electron chi connectivity index (χ3n) is 12.4. The zero-order chi connectivity index (χ0) is 41.7. The van der Waals surface area contributed by atoms with Gasteiger partial charge in [-0.05, 0) is 100 Å². The number of hydrogen-bond donors (Lipinski definition) is 0. The molecular weight excluding hydrogens is 765 g/mol. The molecule has 10 aromatic carbocycles. The second kappa shape index (κ2) is 15.3. The number of aromatic nitrogens is 1. The summed E-state index contributed by atoms with van der Waals surface area (Å²) in [5.74, 6) is 0. The number of nitrogens with zero attached hydrogens (tertiary/aromatic N) is 2. The molecule has 3 heteroatoms. The van der Waals surface area contributed by atoms with Gasteiger partial charge >= 0.3 is 0 Å². The van der Waals surface area contributed by atoms with Crippen molar-refractivity contribution in [3.63, 3.8) is 0 Å². The zero-order valence-corrected chi connectivity index (χ0v) is 34.4. The summed E-state index contributed by atoms with van der Waals surface area (Å²) in [5.41, 5.74) is 17.8. The third-order valence-corrected chi connectivity index (χ3v) is 12.4. The van der Waals surface area contributed by atoms with Crippen LogP contribution in [0.4, 0.5) is 17.1 Å². The highest BCUT2D eigenvalue weighted by Gasteiger charge is 2.21. The van der Waals surface area contributed by atoms with Crippen LogP contribution in [0.15, 0.2) is 247 Å². The van der Waals surface area contributed by atoms with E-state index >= 15 is 0 Å². The lowest BCUT2D eigenvalue weighted by atomic mass is 9.98. The molecule has 0 amide bonds. The first-order valence-corrected chi connectivity index (χ1v) is 21.5. The first-order valence-electron chi connectivity index (χ1n) is 21.5. The molecule has 0 saturated heterocycles. The van der Waals surface area contributed by atoms with Crippen molar-refractivity contribution in [1.82, 2.24) is 4.57 Å². The van der Waals surface area contributed by atoms with Crippen LogP contribution in [0.2, 0.25) is 0 Å². The van der Waals surface area contributed by atoms with E-state index in [-0.39, 0.29) is 0 Å². The number of hydrogen-bond acceptors (Lipinski definition) is 2. The Kier molecular flexibility index (Phi) is 8.83. The van der Waals surface area contributed by atoms with E-state index < -0.39 is 0 Å². The van der Waals surface area contributed by atoms with Gasteiger partial charge in [0, 0.05) is 49.7 Å². The third kappa shape index (κ3) is 6.38. The first-order chi connectivity index (χ1) is 31.2. The van der Waals surface area contributed by atoms with Crippen LogP contribution in [0.1, 0.15) is 0 Å². The topological polar surface area (TPSA) is 21.3 Å². The molecule has 2 aromatic heterocycles. The minimum absolute atomic E-state index is 0.889. The summed E-state index contributed by atoms with van der Waals surface area (Å²) in [6.45, 7) is 0. The smallest absolute Gasteiger partial charge is 0.143 e. The van der Waals surface area contributed by atoms with E-state index in [1.54, 1.807) is 0 Å². The molecule has 0 saturated carbocycles. The molecule has 0 fully saturated rings. The van der Waals surface area contributed by atoms with Gasteiger partial charge in [-0.15, -0.1) is 0 Å². The fourth-order valence-corrected chi connectivity index (χ4v) is 9.38. The predicted molar refractivity (Wildman–Crippen MR) is 264 cm³/mol. The molecule has 0 aliphatic rings. The van der Waals surface area contributed by atoms with Gasteiger partial charge in [0.15, 0.2) is 0 Å². The largest absolute Gasteiger partial charge is 0.455 e. The van der Waals surface area contributed by atoms with Gasteiger partial charge in [0.05, 0.1) is 16.7 Å². The van der Waals surface area contributed by atoms with Crippen molar-refractivity contribution in [2.45, 2.75) is 0 Å². The fourth-order valence-electron chi connectivity index (χ4n) is 9.38. The van der Waals surface area contributed by atoms with Crippen molar-refractivity contribution in [2.75, 3.05) is 4.90 Å². The average Bonchev–Trinajstić information content (AvgIpc) is 3.91. The van der Waals surface area contributed by atoms with Crippen LogP contribution in [-0.4, -0.2) is 4.57 Å². The van der Waals surface area contributed by atoms with Gasteiger partial charge in [0.25, 0.3) is 0 Å². The Hall–Kier alpha value is -8.40. The molecule has 0 spiro atoms. The first kappa shape index (κ1) is 36.5. The van der Waals surface area contributed by atoms with Crippen LogP contribution < -0.4 is 4.90 Å². The molecule has 0 radical (unpaired) electrons. The van der Waals surface area contributed by atoms with E-state index in [1.807, 2.05) is 6.07 Å². The number of para-hydroxylation sites is 5. The van der Waals surface area contributed by atoms with Crippen molar-refractivity contribution in [3.05, 3.63) is 243 Å². The normalized spacial score (nSPS) is 11.5. The highest BCUT2D eigenvalue weighted by Crippen LogP contribution is 2.45. The summed E-state index contributed by atoms with van der Waals surface area (Å²) in [7, 11) is 0. The van der Waals surface area contributed by atoms with E-state index in [0.717, 1.165) is 66.9 Å². The van der Waals surface area contributed by atoms with Crippen LogP contribution in [0.5, 0.6) is 0 Å². The van der Waals surface area contributed by atoms with Crippen molar-refractivity contribution < 1.29 is 4.42 Å². The Morgan fingerprint density at radius 2 is 0.810 bits per heavy atom. The van der Waals surface area contributed by atoms with Crippen LogP contribution in [0.25, 0.3) is 93.9 Å². The summed E-state index contributed by atoms with van der Waals surface area (Å²) < 4.78 is 8.98. The van der Waals surface area contributed by atoms with Crippen molar-refractivity contribution in [2.24, 2.45) is 0 Å². The fraction of sp³-hybridized carbons (Fsp3) is 0. The molecule has 0 N–H and O–H groups in total. The van der Waals surface area contributed by atoms with Crippen molar-refractivity contribution in [3.8, 4) is 50.2 Å². The summed E-state index contributed by atoms with van der Waals surface area (Å²) in [6, 6.07) is 87.0. The van der Waals surface area contributed by atoms with Gasteiger partial charge in [0.2, 0.25) is 0 Å². The van der Waals surface area contributed by atoms with E-state index in [0.29, 0.717) is 0 Å². The molecule has 3 nitrogen and oxygen atoms in total. The minimum atomic E-state index is 0.889. The number of fused-ring (bicyclic) bond motifs is 6. The lowest BCUT2D eigenvalue weighted by Crippen LogP contribution is -2.11. The van der Waals surface area contributed by atoms with Gasteiger partial charge in [-0.1, -0.05) is 176 Å². The lowest BCUT2D eigenvalue weighted by molar-refractivity contribution is 0.670. The molecule has 0 aliphatic carbocycles. The zero-order valence-electron chi connectivity index (χ0n) is 34.4. The van der Waals surface area contributed by atoms with Crippen LogP contribution in [-0.2, 0) is 0 Å². The van der Waals surface area contributed by atoms with E-state index in [4.69, 9.17) is 4.42 Å².